The van der Waals surface area contributed by atoms with E-state index in [1.807, 2.05) is 0 Å². The number of nitrogens with one attached hydrogen (secondary N) is 1. The van der Waals surface area contributed by atoms with Crippen molar-refractivity contribution in [3.8, 4) is 0 Å². The van der Waals surface area contributed by atoms with Gasteiger partial charge in [0, 0.05) is 11.3 Å². The van der Waals surface area contributed by atoms with Crippen molar-refractivity contribution >= 4 is 5.71 Å². The molecule has 9 heavy (non-hydrogen) atoms. The van der Waals surface area contributed by atoms with Gasteiger partial charge in [0.15, 0.2) is 0 Å². The first kappa shape index (κ1) is 8.17. The summed E-state index contributed by atoms with van der Waals surface area (Å²) in [6.45, 7) is 2.70. The van der Waals surface area contributed by atoms with Gasteiger partial charge in [0.25, 0.3) is 0 Å². The Bertz CT molecular complexity index is 145. The molecule has 0 spiro atoms. The molecule has 0 saturated heterocycles. The summed E-state index contributed by atoms with van der Waals surface area (Å²) in [5.74, 6) is 0.0185. The van der Waals surface area contributed by atoms with E-state index in [1.54, 1.807) is 0 Å². The second kappa shape index (κ2) is 3.25. The predicted octanol–water partition coefficient (Wildman–Crippen LogP) is 0.850. The molecular weight excluding hydrogens is 118 g/mol. The Labute approximate surface area is 54.1 Å². The van der Waals surface area contributed by atoms with Crippen LogP contribution in [0.3, 0.4) is 0 Å². The van der Waals surface area contributed by atoms with E-state index in [0.29, 0.717) is 5.57 Å². The third-order valence-corrected chi connectivity index (χ3v) is 1.05. The van der Waals surface area contributed by atoms with Crippen molar-refractivity contribution in [1.82, 2.24) is 0 Å². The molecule has 0 aliphatic rings. The minimum atomic E-state index is -0.266. The highest BCUT2D eigenvalue weighted by atomic mass is 16.3. The molecule has 52 valence electrons. The number of aliphatic hydroxyl groups excluding tert-OH is 2. The maximum Gasteiger partial charge on any atom is 0.0964 e. The van der Waals surface area contributed by atoms with E-state index in [2.05, 4.69) is 0 Å². The molecule has 0 aromatic rings. The quantitative estimate of drug-likeness (QED) is 0.382. The van der Waals surface area contributed by atoms with Crippen molar-refractivity contribution in [1.29, 1.82) is 5.41 Å². The summed E-state index contributed by atoms with van der Waals surface area (Å²) >= 11 is 0. The number of hydrogen-bond donors (Lipinski definition) is 3. The molecule has 0 aromatic carbocycles. The van der Waals surface area contributed by atoms with Crippen LogP contribution in [0.15, 0.2) is 11.3 Å². The fourth-order valence-corrected chi connectivity index (χ4v) is 0.504. The van der Waals surface area contributed by atoms with Crippen LogP contribution in [-0.2, 0) is 0 Å². The highest BCUT2D eigenvalue weighted by Gasteiger charge is 2.00. The van der Waals surface area contributed by atoms with Crippen molar-refractivity contribution in [3.05, 3.63) is 11.3 Å². The van der Waals surface area contributed by atoms with Crippen molar-refractivity contribution < 1.29 is 10.2 Å². The highest BCUT2D eigenvalue weighted by Crippen LogP contribution is 2.00. The van der Waals surface area contributed by atoms with Gasteiger partial charge in [-0.1, -0.05) is 0 Å². The molecule has 0 amide bonds. The lowest BCUT2D eigenvalue weighted by Crippen LogP contribution is -2.03. The fourth-order valence-electron chi connectivity index (χ4n) is 0.504. The Hall–Kier alpha value is -0.830. The number of rotatable bonds is 2. The summed E-state index contributed by atoms with van der Waals surface area (Å²) in [4.78, 5) is 0. The zero-order valence-electron chi connectivity index (χ0n) is 5.60. The molecule has 0 rings (SSSR count). The molecule has 3 nitrogen and oxygen atoms in total. The Morgan fingerprint density at radius 3 is 1.89 bits per heavy atom. The molecule has 3 heteroatoms. The van der Waals surface area contributed by atoms with Gasteiger partial charge in [0.05, 0.1) is 12.4 Å². The van der Waals surface area contributed by atoms with Gasteiger partial charge in [-0.3, -0.25) is 0 Å². The van der Waals surface area contributed by atoms with E-state index < -0.39 is 0 Å². The van der Waals surface area contributed by atoms with Crippen LogP contribution in [0.2, 0.25) is 0 Å². The summed E-state index contributed by atoms with van der Waals surface area (Å²) < 4.78 is 0. The van der Waals surface area contributed by atoms with Crippen LogP contribution in [0.1, 0.15) is 13.8 Å². The molecule has 0 heterocycles. The van der Waals surface area contributed by atoms with Gasteiger partial charge in [-0.15, -0.1) is 0 Å². The SMILES string of the molecule is CC(=N)/C(CO)=C(/C)O. The van der Waals surface area contributed by atoms with E-state index >= 15 is 0 Å². The fraction of sp³-hybridized carbons (Fsp3) is 0.500. The number of aliphatic hydroxyl groups is 2. The van der Waals surface area contributed by atoms with Crippen molar-refractivity contribution in [2.24, 2.45) is 0 Å². The Morgan fingerprint density at radius 2 is 1.89 bits per heavy atom. The van der Waals surface area contributed by atoms with Crippen LogP contribution in [0.25, 0.3) is 0 Å². The molecule has 0 saturated carbocycles. The zero-order chi connectivity index (χ0) is 7.44. The third-order valence-electron chi connectivity index (χ3n) is 1.05. The molecule has 0 radical (unpaired) electrons. The smallest absolute Gasteiger partial charge is 0.0964 e. The molecule has 0 aliphatic heterocycles. The van der Waals surface area contributed by atoms with Crippen LogP contribution in [-0.4, -0.2) is 22.5 Å². The second-order valence-electron chi connectivity index (χ2n) is 1.85. The van der Waals surface area contributed by atoms with Gasteiger partial charge >= 0.3 is 0 Å². The minimum absolute atomic E-state index is 0.0185. The number of allylic oxidation sites excluding steroid dienone is 1. The van der Waals surface area contributed by atoms with Crippen LogP contribution < -0.4 is 0 Å². The standard InChI is InChI=1S/C6H11NO2/c1-4(7)6(3-8)5(2)9/h7-9H,3H2,1-2H3/b6-5-,7-4?. The average molecular weight is 129 g/mol. The maximum atomic E-state index is 8.76. The lowest BCUT2D eigenvalue weighted by atomic mass is 10.2. The van der Waals surface area contributed by atoms with Gasteiger partial charge < -0.3 is 15.6 Å². The summed E-state index contributed by atoms with van der Waals surface area (Å²) in [5, 5.41) is 24.3. The zero-order valence-corrected chi connectivity index (χ0v) is 5.60. The molecule has 0 atom stereocenters. The first-order valence-electron chi connectivity index (χ1n) is 2.64. The normalized spacial score (nSPS) is 12.8. The van der Waals surface area contributed by atoms with E-state index in [4.69, 9.17) is 15.6 Å². The highest BCUT2D eigenvalue weighted by molar-refractivity contribution is 5.96. The minimum Gasteiger partial charge on any atom is -0.512 e. The van der Waals surface area contributed by atoms with Gasteiger partial charge in [0.2, 0.25) is 0 Å². The van der Waals surface area contributed by atoms with Crippen LogP contribution >= 0.6 is 0 Å². The van der Waals surface area contributed by atoms with Crippen LogP contribution in [0.5, 0.6) is 0 Å². The number of hydrogen-bond acceptors (Lipinski definition) is 3. The molecule has 0 unspecified atom stereocenters. The first-order chi connectivity index (χ1) is 4.09. The summed E-state index contributed by atoms with van der Waals surface area (Å²) in [7, 11) is 0. The van der Waals surface area contributed by atoms with E-state index in [1.165, 1.54) is 13.8 Å². The van der Waals surface area contributed by atoms with E-state index in [-0.39, 0.29) is 18.1 Å². The maximum absolute atomic E-state index is 8.76. The lowest BCUT2D eigenvalue weighted by molar-refractivity contribution is 0.322. The van der Waals surface area contributed by atoms with Gasteiger partial charge in [-0.2, -0.15) is 0 Å². The third kappa shape index (κ3) is 2.28. The average Bonchev–Trinajstić information content (AvgIpc) is 1.64. The topological polar surface area (TPSA) is 64.3 Å². The summed E-state index contributed by atoms with van der Waals surface area (Å²) in [6, 6.07) is 0. The van der Waals surface area contributed by atoms with Crippen molar-refractivity contribution in [2.45, 2.75) is 13.8 Å². The molecule has 0 aromatic heterocycles. The lowest BCUT2D eigenvalue weighted by Gasteiger charge is -2.00. The summed E-state index contributed by atoms with van der Waals surface area (Å²) in [5.41, 5.74) is 0.507. The molecule has 0 bridgehead atoms. The Balaban J connectivity index is 4.35. The molecule has 3 N–H and O–H groups in total. The Kier molecular flexibility index (Phi) is 2.95. The molecular formula is C6H11NO2. The van der Waals surface area contributed by atoms with Crippen LogP contribution in [0, 0.1) is 5.41 Å². The van der Waals surface area contributed by atoms with Crippen molar-refractivity contribution in [3.63, 3.8) is 0 Å². The monoisotopic (exact) mass is 129 g/mol. The van der Waals surface area contributed by atoms with Gasteiger partial charge in [0.1, 0.15) is 0 Å². The summed E-state index contributed by atoms with van der Waals surface area (Å²) in [6.07, 6.45) is 0. The van der Waals surface area contributed by atoms with E-state index in [9.17, 15) is 0 Å². The molecule has 0 aliphatic carbocycles. The second-order valence-corrected chi connectivity index (χ2v) is 1.85. The van der Waals surface area contributed by atoms with Gasteiger partial charge in [-0.05, 0) is 13.8 Å². The first-order valence-corrected chi connectivity index (χ1v) is 2.64. The van der Waals surface area contributed by atoms with Crippen molar-refractivity contribution in [2.75, 3.05) is 6.61 Å². The predicted molar refractivity (Wildman–Crippen MR) is 35.8 cm³/mol. The Morgan fingerprint density at radius 1 is 1.44 bits per heavy atom. The largest absolute Gasteiger partial charge is 0.512 e. The van der Waals surface area contributed by atoms with Gasteiger partial charge in [-0.25, -0.2) is 0 Å². The molecule has 0 fully saturated rings. The van der Waals surface area contributed by atoms with E-state index in [0.717, 1.165) is 0 Å². The van der Waals surface area contributed by atoms with Crippen LogP contribution in [0.4, 0.5) is 0 Å².